The largest absolute Gasteiger partial charge is 0.252 e. The van der Waals surface area contributed by atoms with Crippen LogP contribution in [0.25, 0.3) is 11.3 Å². The second-order valence-electron chi connectivity index (χ2n) is 3.08. The molecule has 2 rings (SSSR count). The Morgan fingerprint density at radius 3 is 2.38 bits per heavy atom. The second kappa shape index (κ2) is 4.85. The number of rotatable bonds is 1. The zero-order chi connectivity index (χ0) is 11.7. The van der Waals surface area contributed by atoms with Gasteiger partial charge >= 0.3 is 0 Å². The summed E-state index contributed by atoms with van der Waals surface area (Å²) in [7, 11) is 0. The molecule has 5 heteroatoms. The van der Waals surface area contributed by atoms with Crippen LogP contribution in [0.3, 0.4) is 0 Å². The molecule has 0 aliphatic carbocycles. The van der Waals surface area contributed by atoms with Crippen LogP contribution in [0, 0.1) is 9.39 Å². The number of nitrogens with zero attached hydrogens (tertiary/aromatic N) is 1. The van der Waals surface area contributed by atoms with Crippen molar-refractivity contribution >= 4 is 45.8 Å². The smallest absolute Gasteiger partial charge is 0.150 e. The summed E-state index contributed by atoms with van der Waals surface area (Å²) in [5.74, 6) is -0.429. The molecule has 0 amide bonds. The summed E-state index contributed by atoms with van der Waals surface area (Å²) >= 11 is 14.0. The highest BCUT2D eigenvalue weighted by Crippen LogP contribution is 2.34. The Bertz CT molecular complexity index is 525. The molecule has 0 bridgehead atoms. The van der Waals surface area contributed by atoms with Crippen molar-refractivity contribution in [1.82, 2.24) is 4.98 Å². The van der Waals surface area contributed by atoms with Gasteiger partial charge in [-0.05, 0) is 40.8 Å². The van der Waals surface area contributed by atoms with Crippen LogP contribution in [0.1, 0.15) is 0 Å². The van der Waals surface area contributed by atoms with Crippen molar-refractivity contribution in [1.29, 1.82) is 0 Å². The van der Waals surface area contributed by atoms with E-state index >= 15 is 0 Å². The van der Waals surface area contributed by atoms with E-state index in [4.69, 9.17) is 23.2 Å². The fourth-order valence-electron chi connectivity index (χ4n) is 1.32. The average Bonchev–Trinajstić information content (AvgIpc) is 2.20. The first-order valence-electron chi connectivity index (χ1n) is 4.35. The van der Waals surface area contributed by atoms with Gasteiger partial charge in [0.2, 0.25) is 0 Å². The van der Waals surface area contributed by atoms with Crippen LogP contribution in [0.15, 0.2) is 30.5 Å². The van der Waals surface area contributed by atoms with E-state index in [-0.39, 0.29) is 5.69 Å². The normalized spacial score (nSPS) is 10.5. The summed E-state index contributed by atoms with van der Waals surface area (Å²) in [5.41, 5.74) is 0.607. The fraction of sp³-hybridized carbons (Fsp3) is 0. The van der Waals surface area contributed by atoms with Gasteiger partial charge in [-0.15, -0.1) is 0 Å². The molecule has 1 nitrogen and oxygen atoms in total. The van der Waals surface area contributed by atoms with E-state index in [2.05, 4.69) is 4.98 Å². The molecule has 0 radical (unpaired) electrons. The van der Waals surface area contributed by atoms with Gasteiger partial charge in [-0.2, -0.15) is 0 Å². The topological polar surface area (TPSA) is 12.9 Å². The van der Waals surface area contributed by atoms with Crippen LogP contribution in [-0.2, 0) is 0 Å². The molecule has 0 N–H and O–H groups in total. The summed E-state index contributed by atoms with van der Waals surface area (Å²) < 4.78 is 14.4. The molecule has 0 spiro atoms. The van der Waals surface area contributed by atoms with Gasteiger partial charge in [0.15, 0.2) is 5.82 Å². The second-order valence-corrected chi connectivity index (χ2v) is 5.14. The van der Waals surface area contributed by atoms with Crippen LogP contribution in [0.2, 0.25) is 10.0 Å². The minimum absolute atomic E-state index is 0.177. The lowest BCUT2D eigenvalue weighted by atomic mass is 10.1. The lowest BCUT2D eigenvalue weighted by molar-refractivity contribution is 0.624. The molecular weight excluding hydrogens is 363 g/mol. The molecule has 16 heavy (non-hydrogen) atoms. The Morgan fingerprint density at radius 1 is 1.19 bits per heavy atom. The summed E-state index contributed by atoms with van der Waals surface area (Å²) in [6, 6.07) is 6.41. The quantitative estimate of drug-likeness (QED) is 0.660. The van der Waals surface area contributed by atoms with Gasteiger partial charge in [0.05, 0.1) is 10.0 Å². The van der Waals surface area contributed by atoms with Crippen LogP contribution in [0.4, 0.5) is 4.39 Å². The number of pyridine rings is 1. The first-order chi connectivity index (χ1) is 7.59. The van der Waals surface area contributed by atoms with E-state index in [1.54, 1.807) is 24.4 Å². The van der Waals surface area contributed by atoms with Gasteiger partial charge in [-0.1, -0.05) is 29.3 Å². The Labute approximate surface area is 116 Å². The Hall–Kier alpha value is -0.390. The molecule has 82 valence electrons. The number of halogens is 4. The molecule has 0 saturated carbocycles. The van der Waals surface area contributed by atoms with Gasteiger partial charge in [-0.25, -0.2) is 4.39 Å². The monoisotopic (exact) mass is 367 g/mol. The lowest BCUT2D eigenvalue weighted by Crippen LogP contribution is -1.92. The van der Waals surface area contributed by atoms with E-state index in [0.29, 0.717) is 15.6 Å². The zero-order valence-corrected chi connectivity index (χ0v) is 11.5. The molecule has 0 atom stereocenters. The van der Waals surface area contributed by atoms with Crippen molar-refractivity contribution in [3.05, 3.63) is 49.9 Å². The average molecular weight is 368 g/mol. The third-order valence-corrected chi connectivity index (χ3v) is 3.23. The molecule has 0 fully saturated rings. The summed E-state index contributed by atoms with van der Waals surface area (Å²) in [6.07, 6.45) is 1.57. The number of hydrogen-bond acceptors (Lipinski definition) is 1. The van der Waals surface area contributed by atoms with E-state index < -0.39 is 5.82 Å². The van der Waals surface area contributed by atoms with Crippen molar-refractivity contribution in [2.45, 2.75) is 0 Å². The number of aromatic nitrogens is 1. The van der Waals surface area contributed by atoms with Crippen LogP contribution >= 0.6 is 45.8 Å². The van der Waals surface area contributed by atoms with E-state index in [0.717, 1.165) is 3.57 Å². The van der Waals surface area contributed by atoms with Crippen molar-refractivity contribution in [2.75, 3.05) is 0 Å². The van der Waals surface area contributed by atoms with Gasteiger partial charge < -0.3 is 0 Å². The zero-order valence-electron chi connectivity index (χ0n) is 7.85. The summed E-state index contributed by atoms with van der Waals surface area (Å²) in [4.78, 5) is 4.02. The van der Waals surface area contributed by atoms with Crippen molar-refractivity contribution in [2.24, 2.45) is 0 Å². The van der Waals surface area contributed by atoms with E-state index in [1.165, 1.54) is 6.07 Å². The Morgan fingerprint density at radius 2 is 1.81 bits per heavy atom. The minimum Gasteiger partial charge on any atom is -0.252 e. The number of benzene rings is 1. The summed E-state index contributed by atoms with van der Waals surface area (Å²) in [5, 5.41) is 0.778. The SMILES string of the molecule is Fc1cc(I)cnc1-c1c(Cl)cccc1Cl. The third kappa shape index (κ3) is 2.31. The van der Waals surface area contributed by atoms with Gasteiger partial charge in [0, 0.05) is 15.3 Å². The predicted molar refractivity (Wildman–Crippen MR) is 72.4 cm³/mol. The molecule has 0 saturated heterocycles. The first kappa shape index (κ1) is 12.1. The maximum atomic E-state index is 13.7. The first-order valence-corrected chi connectivity index (χ1v) is 6.18. The highest BCUT2D eigenvalue weighted by atomic mass is 127. The summed E-state index contributed by atoms with van der Waals surface area (Å²) in [6.45, 7) is 0. The van der Waals surface area contributed by atoms with Crippen LogP contribution < -0.4 is 0 Å². The minimum atomic E-state index is -0.429. The molecule has 2 aromatic rings. The lowest BCUT2D eigenvalue weighted by Gasteiger charge is -2.07. The molecule has 1 heterocycles. The maximum absolute atomic E-state index is 13.7. The van der Waals surface area contributed by atoms with Crippen LogP contribution in [-0.4, -0.2) is 4.98 Å². The molecule has 1 aromatic heterocycles. The third-order valence-electron chi connectivity index (χ3n) is 2.01. The van der Waals surface area contributed by atoms with Crippen LogP contribution in [0.5, 0.6) is 0 Å². The Kier molecular flexibility index (Phi) is 3.66. The van der Waals surface area contributed by atoms with Gasteiger partial charge in [0.1, 0.15) is 5.69 Å². The van der Waals surface area contributed by atoms with E-state index in [9.17, 15) is 4.39 Å². The molecule has 0 aliphatic rings. The predicted octanol–water partition coefficient (Wildman–Crippen LogP) is 4.80. The molecule has 0 unspecified atom stereocenters. The highest BCUT2D eigenvalue weighted by molar-refractivity contribution is 14.1. The molecule has 1 aromatic carbocycles. The fourth-order valence-corrected chi connectivity index (χ4v) is 2.31. The van der Waals surface area contributed by atoms with E-state index in [1.807, 2.05) is 22.6 Å². The van der Waals surface area contributed by atoms with Crippen molar-refractivity contribution in [3.8, 4) is 11.3 Å². The number of hydrogen-bond donors (Lipinski definition) is 0. The van der Waals surface area contributed by atoms with Crippen molar-refractivity contribution in [3.63, 3.8) is 0 Å². The molecule has 0 aliphatic heterocycles. The highest BCUT2D eigenvalue weighted by Gasteiger charge is 2.14. The van der Waals surface area contributed by atoms with Crippen molar-refractivity contribution < 1.29 is 4.39 Å². The van der Waals surface area contributed by atoms with Gasteiger partial charge in [-0.3, -0.25) is 4.98 Å². The molecular formula is C11H5Cl2FIN. The Balaban J connectivity index is 2.68. The van der Waals surface area contributed by atoms with Gasteiger partial charge in [0.25, 0.3) is 0 Å². The standard InChI is InChI=1S/C11H5Cl2FIN/c12-7-2-1-3-8(13)10(7)11-9(14)4-6(15)5-16-11/h1-5H. The maximum Gasteiger partial charge on any atom is 0.150 e.